The minimum atomic E-state index is -1.01. The van der Waals surface area contributed by atoms with Gasteiger partial charge in [-0.1, -0.05) is 11.6 Å². The van der Waals surface area contributed by atoms with Gasteiger partial charge in [0.1, 0.15) is 11.0 Å². The van der Waals surface area contributed by atoms with Gasteiger partial charge in [0.25, 0.3) is 0 Å². The molecule has 1 rings (SSSR count). The summed E-state index contributed by atoms with van der Waals surface area (Å²) < 4.78 is 0. The van der Waals surface area contributed by atoms with Gasteiger partial charge in [-0.05, 0) is 39.8 Å². The summed E-state index contributed by atoms with van der Waals surface area (Å²) in [7, 11) is 0. The van der Waals surface area contributed by atoms with Crippen LogP contribution in [0.2, 0.25) is 5.15 Å². The summed E-state index contributed by atoms with van der Waals surface area (Å²) in [6, 6.07) is 3.74. The number of nitrogens with zero attached hydrogens (tertiary/aromatic N) is 2. The van der Waals surface area contributed by atoms with Crippen molar-refractivity contribution >= 4 is 23.4 Å². The Morgan fingerprint density at radius 1 is 1.35 bits per heavy atom. The molecule has 0 saturated carbocycles. The van der Waals surface area contributed by atoms with E-state index >= 15 is 0 Å². The molecule has 0 aliphatic carbocycles. The van der Waals surface area contributed by atoms with E-state index in [2.05, 4.69) is 42.9 Å². The molecule has 5 nitrogen and oxygen atoms in total. The molecule has 0 radical (unpaired) electrons. The van der Waals surface area contributed by atoms with E-state index in [1.54, 1.807) is 0 Å². The molecule has 2 N–H and O–H groups in total. The SMILES string of the molecule is CC(C)N(CCNc1cc(C(=O)O)cc(Cl)n1)C(C)C. The Hall–Kier alpha value is -1.33. The van der Waals surface area contributed by atoms with Crippen LogP contribution in [0.4, 0.5) is 5.82 Å². The highest BCUT2D eigenvalue weighted by Gasteiger charge is 2.13. The van der Waals surface area contributed by atoms with Crippen molar-refractivity contribution in [2.24, 2.45) is 0 Å². The molecule has 0 unspecified atom stereocenters. The zero-order valence-corrected chi connectivity index (χ0v) is 13.1. The number of hydrogen-bond donors (Lipinski definition) is 2. The van der Waals surface area contributed by atoms with Gasteiger partial charge in [0.2, 0.25) is 0 Å². The van der Waals surface area contributed by atoms with E-state index in [1.165, 1.54) is 12.1 Å². The number of hydrogen-bond acceptors (Lipinski definition) is 4. The monoisotopic (exact) mass is 299 g/mol. The molecule has 0 spiro atoms. The summed E-state index contributed by atoms with van der Waals surface area (Å²) in [5, 5.41) is 12.3. The largest absolute Gasteiger partial charge is 0.478 e. The van der Waals surface area contributed by atoms with Crippen LogP contribution in [0.5, 0.6) is 0 Å². The second-order valence-electron chi connectivity index (χ2n) is 5.22. The van der Waals surface area contributed by atoms with E-state index in [4.69, 9.17) is 16.7 Å². The molecule has 0 amide bonds. The van der Waals surface area contributed by atoms with Crippen LogP contribution in [0.25, 0.3) is 0 Å². The first-order valence-corrected chi connectivity index (χ1v) is 7.09. The minimum Gasteiger partial charge on any atom is -0.478 e. The number of aromatic nitrogens is 1. The van der Waals surface area contributed by atoms with Crippen LogP contribution in [0.1, 0.15) is 38.1 Å². The Kier molecular flexibility index (Phi) is 6.23. The molecule has 0 atom stereocenters. The number of halogens is 1. The van der Waals surface area contributed by atoms with Crippen molar-refractivity contribution < 1.29 is 9.90 Å². The highest BCUT2D eigenvalue weighted by Crippen LogP contribution is 2.14. The number of nitrogens with one attached hydrogen (secondary N) is 1. The Labute approximate surface area is 125 Å². The minimum absolute atomic E-state index is 0.136. The summed E-state index contributed by atoms with van der Waals surface area (Å²) in [5.74, 6) is -0.523. The standard InChI is InChI=1S/C14H22ClN3O2/c1-9(2)18(10(3)4)6-5-16-13-8-11(14(19)20)7-12(15)17-13/h7-10H,5-6H2,1-4H3,(H,16,17)(H,19,20). The highest BCUT2D eigenvalue weighted by atomic mass is 35.5. The van der Waals surface area contributed by atoms with Gasteiger partial charge in [0, 0.05) is 25.2 Å². The number of pyridine rings is 1. The molecule has 0 saturated heterocycles. The molecule has 112 valence electrons. The van der Waals surface area contributed by atoms with Crippen molar-refractivity contribution in [2.75, 3.05) is 18.4 Å². The lowest BCUT2D eigenvalue weighted by atomic mass is 10.2. The van der Waals surface area contributed by atoms with Crippen molar-refractivity contribution in [3.8, 4) is 0 Å². The van der Waals surface area contributed by atoms with Crippen molar-refractivity contribution in [1.82, 2.24) is 9.88 Å². The predicted octanol–water partition coefficient (Wildman–Crippen LogP) is 2.96. The van der Waals surface area contributed by atoms with Crippen LogP contribution in [0, 0.1) is 0 Å². The van der Waals surface area contributed by atoms with E-state index in [0.29, 0.717) is 24.4 Å². The smallest absolute Gasteiger partial charge is 0.335 e. The zero-order chi connectivity index (χ0) is 15.3. The number of carbonyl (C=O) groups is 1. The number of carboxylic acid groups (broad SMARTS) is 1. The highest BCUT2D eigenvalue weighted by molar-refractivity contribution is 6.29. The van der Waals surface area contributed by atoms with Crippen molar-refractivity contribution in [3.63, 3.8) is 0 Å². The molecule has 0 aliphatic rings. The van der Waals surface area contributed by atoms with E-state index in [-0.39, 0.29) is 10.7 Å². The molecule has 0 fully saturated rings. The van der Waals surface area contributed by atoms with E-state index < -0.39 is 5.97 Å². The fourth-order valence-electron chi connectivity index (χ4n) is 2.14. The molecule has 1 aromatic rings. The number of carboxylic acids is 1. The van der Waals surface area contributed by atoms with Crippen LogP contribution in [-0.4, -0.2) is 46.1 Å². The average molecular weight is 300 g/mol. The summed E-state index contributed by atoms with van der Waals surface area (Å²) in [4.78, 5) is 17.4. The zero-order valence-electron chi connectivity index (χ0n) is 12.4. The van der Waals surface area contributed by atoms with Gasteiger partial charge in [0.05, 0.1) is 5.56 Å². The lowest BCUT2D eigenvalue weighted by molar-refractivity contribution is 0.0697. The third-order valence-electron chi connectivity index (χ3n) is 3.04. The van der Waals surface area contributed by atoms with Crippen molar-refractivity contribution in [2.45, 2.75) is 39.8 Å². The number of anilines is 1. The molecule has 0 bridgehead atoms. The third-order valence-corrected chi connectivity index (χ3v) is 3.24. The van der Waals surface area contributed by atoms with Crippen molar-refractivity contribution in [3.05, 3.63) is 22.8 Å². The quantitative estimate of drug-likeness (QED) is 0.758. The summed E-state index contributed by atoms with van der Waals surface area (Å²) in [5.41, 5.74) is 0.136. The summed E-state index contributed by atoms with van der Waals surface area (Å²) in [6.45, 7) is 10.1. The summed E-state index contributed by atoms with van der Waals surface area (Å²) in [6.07, 6.45) is 0. The van der Waals surface area contributed by atoms with Gasteiger partial charge in [-0.25, -0.2) is 9.78 Å². The fraction of sp³-hybridized carbons (Fsp3) is 0.571. The van der Waals surface area contributed by atoms with Gasteiger partial charge in [-0.2, -0.15) is 0 Å². The van der Waals surface area contributed by atoms with Gasteiger partial charge < -0.3 is 10.4 Å². The van der Waals surface area contributed by atoms with Gasteiger partial charge in [-0.3, -0.25) is 4.90 Å². The number of aromatic carboxylic acids is 1. The lowest BCUT2D eigenvalue weighted by Gasteiger charge is -2.30. The molecular weight excluding hydrogens is 278 g/mol. The maximum absolute atomic E-state index is 10.9. The maximum atomic E-state index is 10.9. The summed E-state index contributed by atoms with van der Waals surface area (Å²) >= 11 is 5.81. The van der Waals surface area contributed by atoms with Gasteiger partial charge in [-0.15, -0.1) is 0 Å². The molecular formula is C14H22ClN3O2. The molecule has 1 heterocycles. The molecule has 0 aliphatic heterocycles. The van der Waals surface area contributed by atoms with Gasteiger partial charge in [0.15, 0.2) is 0 Å². The predicted molar refractivity (Wildman–Crippen MR) is 81.7 cm³/mol. The first-order valence-electron chi connectivity index (χ1n) is 6.71. The molecule has 1 aromatic heterocycles. The van der Waals surface area contributed by atoms with Crippen molar-refractivity contribution in [1.29, 1.82) is 0 Å². The van der Waals surface area contributed by atoms with E-state index in [9.17, 15) is 4.79 Å². The normalized spacial score (nSPS) is 11.4. The fourth-order valence-corrected chi connectivity index (χ4v) is 2.35. The second kappa shape index (κ2) is 7.45. The van der Waals surface area contributed by atoms with Crippen LogP contribution in [0.3, 0.4) is 0 Å². The Morgan fingerprint density at radius 2 is 1.95 bits per heavy atom. The Bertz CT molecular complexity index is 456. The van der Waals surface area contributed by atoms with E-state index in [0.717, 1.165) is 6.54 Å². The second-order valence-corrected chi connectivity index (χ2v) is 5.61. The first kappa shape index (κ1) is 16.7. The third kappa shape index (κ3) is 4.98. The Morgan fingerprint density at radius 3 is 2.45 bits per heavy atom. The van der Waals surface area contributed by atoms with E-state index in [1.807, 2.05) is 0 Å². The van der Waals surface area contributed by atoms with Gasteiger partial charge >= 0.3 is 5.97 Å². The topological polar surface area (TPSA) is 65.5 Å². The Balaban J connectivity index is 2.64. The molecule has 20 heavy (non-hydrogen) atoms. The van der Waals surface area contributed by atoms with Crippen LogP contribution >= 0.6 is 11.6 Å². The average Bonchev–Trinajstić information content (AvgIpc) is 2.32. The van der Waals surface area contributed by atoms with Crippen LogP contribution in [-0.2, 0) is 0 Å². The number of rotatable bonds is 7. The molecule has 6 heteroatoms. The van der Waals surface area contributed by atoms with Crippen LogP contribution in [0.15, 0.2) is 12.1 Å². The maximum Gasteiger partial charge on any atom is 0.335 e. The first-order chi connectivity index (χ1) is 9.31. The molecule has 0 aromatic carbocycles. The van der Waals surface area contributed by atoms with Crippen LogP contribution < -0.4 is 5.32 Å². The lowest BCUT2D eigenvalue weighted by Crippen LogP contribution is -2.40.